The molecule has 0 radical (unpaired) electrons. The monoisotopic (exact) mass is 491 g/mol. The third-order valence-electron chi connectivity index (χ3n) is 7.88. The van der Waals surface area contributed by atoms with Gasteiger partial charge in [-0.2, -0.15) is 0 Å². The molecule has 1 aliphatic carbocycles. The number of hydrogen-bond acceptors (Lipinski definition) is 5. The van der Waals surface area contributed by atoms with Crippen LogP contribution in [-0.2, 0) is 28.0 Å². The number of hydrogen-bond donors (Lipinski definition) is 1. The third kappa shape index (κ3) is 4.18. The van der Waals surface area contributed by atoms with E-state index in [1.54, 1.807) is 14.2 Å². The number of carbonyl (C=O) groups is 3. The molecule has 2 heterocycles. The molecule has 1 spiro atoms. The minimum atomic E-state index is -1.04. The number of amides is 4. The molecule has 2 unspecified atom stereocenters. The first kappa shape index (κ1) is 24.2. The van der Waals surface area contributed by atoms with E-state index in [4.69, 9.17) is 9.47 Å². The standard InChI is InChI=1S/C28H33N3O5/c1-35-23-13-11-19(17-24(23)36-2)10-12-21-8-5-6-16-30(21)25(32)18-31-26(33)28(29-27(31)34)15-14-20-7-3-4-9-22(20)28/h3-4,7,9,11,13,17,21H,5-6,8,10,12,14-16,18H2,1-2H3,(H,29,34). The molecule has 2 atom stereocenters. The molecule has 4 amide bonds. The number of urea groups is 1. The summed E-state index contributed by atoms with van der Waals surface area (Å²) in [7, 11) is 3.23. The average Bonchev–Trinajstić information content (AvgIpc) is 3.40. The van der Waals surface area contributed by atoms with Gasteiger partial charge in [0.1, 0.15) is 12.1 Å². The molecule has 2 fully saturated rings. The molecule has 3 aliphatic rings. The number of likely N-dealkylation sites (tertiary alicyclic amines) is 1. The van der Waals surface area contributed by atoms with Crippen molar-refractivity contribution in [1.82, 2.24) is 15.1 Å². The van der Waals surface area contributed by atoms with Crippen LogP contribution in [0.4, 0.5) is 4.79 Å². The van der Waals surface area contributed by atoms with Crippen molar-refractivity contribution in [3.8, 4) is 11.5 Å². The number of piperidine rings is 1. The molecule has 1 N–H and O–H groups in total. The SMILES string of the molecule is COc1ccc(CCC2CCCCN2C(=O)CN2C(=O)NC3(CCc4ccccc43)C2=O)cc1OC. The highest BCUT2D eigenvalue weighted by molar-refractivity contribution is 6.10. The van der Waals surface area contributed by atoms with Crippen molar-refractivity contribution in [3.05, 3.63) is 59.2 Å². The summed E-state index contributed by atoms with van der Waals surface area (Å²) < 4.78 is 10.7. The maximum absolute atomic E-state index is 13.5. The van der Waals surface area contributed by atoms with E-state index in [9.17, 15) is 14.4 Å². The second-order valence-corrected chi connectivity index (χ2v) is 9.85. The quantitative estimate of drug-likeness (QED) is 0.600. The number of benzene rings is 2. The molecular weight excluding hydrogens is 458 g/mol. The van der Waals surface area contributed by atoms with E-state index in [2.05, 4.69) is 5.32 Å². The van der Waals surface area contributed by atoms with Gasteiger partial charge in [-0.05, 0) is 73.8 Å². The fourth-order valence-electron chi connectivity index (χ4n) is 5.96. The highest BCUT2D eigenvalue weighted by Crippen LogP contribution is 2.41. The van der Waals surface area contributed by atoms with E-state index in [-0.39, 0.29) is 24.4 Å². The lowest BCUT2D eigenvalue weighted by Gasteiger charge is -2.36. The molecule has 0 aromatic heterocycles. The molecule has 2 aromatic rings. The molecule has 2 aliphatic heterocycles. The predicted octanol–water partition coefficient (Wildman–Crippen LogP) is 3.41. The summed E-state index contributed by atoms with van der Waals surface area (Å²) in [5, 5.41) is 2.92. The Labute approximate surface area is 211 Å². The predicted molar refractivity (Wildman–Crippen MR) is 134 cm³/mol. The lowest BCUT2D eigenvalue weighted by atomic mass is 9.92. The van der Waals surface area contributed by atoms with Gasteiger partial charge in [-0.25, -0.2) is 4.79 Å². The van der Waals surface area contributed by atoms with Gasteiger partial charge < -0.3 is 19.7 Å². The number of nitrogens with one attached hydrogen (secondary N) is 1. The summed E-state index contributed by atoms with van der Waals surface area (Å²) in [5.74, 6) is 0.892. The van der Waals surface area contributed by atoms with Crippen molar-refractivity contribution < 1.29 is 23.9 Å². The fraction of sp³-hybridized carbons (Fsp3) is 0.464. The zero-order chi connectivity index (χ0) is 25.3. The molecule has 5 rings (SSSR count). The molecule has 36 heavy (non-hydrogen) atoms. The van der Waals surface area contributed by atoms with Crippen LogP contribution in [0.1, 0.15) is 48.8 Å². The van der Waals surface area contributed by atoms with Crippen molar-refractivity contribution >= 4 is 17.8 Å². The van der Waals surface area contributed by atoms with Crippen LogP contribution in [0.3, 0.4) is 0 Å². The molecule has 2 aromatic carbocycles. The van der Waals surface area contributed by atoms with Gasteiger partial charge in [0, 0.05) is 12.6 Å². The highest BCUT2D eigenvalue weighted by atomic mass is 16.5. The summed E-state index contributed by atoms with van der Waals surface area (Å²) in [6, 6.07) is 13.2. The zero-order valence-electron chi connectivity index (χ0n) is 20.9. The van der Waals surface area contributed by atoms with Crippen LogP contribution in [0.15, 0.2) is 42.5 Å². The van der Waals surface area contributed by atoms with Gasteiger partial charge in [-0.1, -0.05) is 30.3 Å². The summed E-state index contributed by atoms with van der Waals surface area (Å²) >= 11 is 0. The Morgan fingerprint density at radius 2 is 1.89 bits per heavy atom. The highest BCUT2D eigenvalue weighted by Gasteiger charge is 2.55. The van der Waals surface area contributed by atoms with Gasteiger partial charge in [0.05, 0.1) is 14.2 Å². The van der Waals surface area contributed by atoms with E-state index in [0.717, 1.165) is 60.1 Å². The summed E-state index contributed by atoms with van der Waals surface area (Å²) in [4.78, 5) is 42.8. The van der Waals surface area contributed by atoms with Crippen LogP contribution in [0.25, 0.3) is 0 Å². The largest absolute Gasteiger partial charge is 0.493 e. The van der Waals surface area contributed by atoms with Crippen LogP contribution in [0.5, 0.6) is 11.5 Å². The van der Waals surface area contributed by atoms with Crippen molar-refractivity contribution in [3.63, 3.8) is 0 Å². The second kappa shape index (κ2) is 9.84. The van der Waals surface area contributed by atoms with Crippen molar-refractivity contribution in [2.75, 3.05) is 27.3 Å². The number of methoxy groups -OCH3 is 2. The third-order valence-corrected chi connectivity index (χ3v) is 7.88. The van der Waals surface area contributed by atoms with Gasteiger partial charge in [-0.3, -0.25) is 14.5 Å². The minimum Gasteiger partial charge on any atom is -0.493 e. The Bertz CT molecular complexity index is 1180. The van der Waals surface area contributed by atoms with Crippen LogP contribution < -0.4 is 14.8 Å². The van der Waals surface area contributed by atoms with Crippen molar-refractivity contribution in [2.24, 2.45) is 0 Å². The Kier molecular flexibility index (Phi) is 6.60. The average molecular weight is 492 g/mol. The fourth-order valence-corrected chi connectivity index (χ4v) is 5.96. The van der Waals surface area contributed by atoms with E-state index in [1.807, 2.05) is 47.4 Å². The molecule has 8 heteroatoms. The van der Waals surface area contributed by atoms with Gasteiger partial charge in [0.15, 0.2) is 11.5 Å². The van der Waals surface area contributed by atoms with Gasteiger partial charge in [-0.15, -0.1) is 0 Å². The molecule has 2 saturated heterocycles. The van der Waals surface area contributed by atoms with Crippen molar-refractivity contribution in [1.29, 1.82) is 0 Å². The number of aryl methyl sites for hydroxylation is 2. The second-order valence-electron chi connectivity index (χ2n) is 9.85. The Hall–Kier alpha value is -3.55. The topological polar surface area (TPSA) is 88.2 Å². The van der Waals surface area contributed by atoms with Crippen molar-refractivity contribution in [2.45, 2.75) is 56.5 Å². The molecular formula is C28H33N3O5. The number of rotatable bonds is 7. The number of ether oxygens (including phenoxy) is 2. The number of carbonyl (C=O) groups excluding carboxylic acids is 3. The molecule has 0 bridgehead atoms. The smallest absolute Gasteiger partial charge is 0.325 e. The molecule has 190 valence electrons. The maximum Gasteiger partial charge on any atom is 0.325 e. The first-order chi connectivity index (χ1) is 17.5. The Morgan fingerprint density at radius 3 is 2.69 bits per heavy atom. The number of fused-ring (bicyclic) bond motifs is 2. The Morgan fingerprint density at radius 1 is 1.08 bits per heavy atom. The van der Waals surface area contributed by atoms with Crippen LogP contribution in [-0.4, -0.2) is 61.0 Å². The maximum atomic E-state index is 13.5. The first-order valence-electron chi connectivity index (χ1n) is 12.7. The normalized spacial score (nSPS) is 23.1. The first-order valence-corrected chi connectivity index (χ1v) is 12.7. The molecule has 8 nitrogen and oxygen atoms in total. The van der Waals surface area contributed by atoms with E-state index < -0.39 is 11.6 Å². The van der Waals surface area contributed by atoms with Crippen LogP contribution in [0, 0.1) is 0 Å². The van der Waals surface area contributed by atoms with Crippen LogP contribution in [0.2, 0.25) is 0 Å². The zero-order valence-corrected chi connectivity index (χ0v) is 20.9. The van der Waals surface area contributed by atoms with Gasteiger partial charge >= 0.3 is 6.03 Å². The Balaban J connectivity index is 1.26. The summed E-state index contributed by atoms with van der Waals surface area (Å²) in [5.41, 5.74) is 2.00. The number of imide groups is 1. The van der Waals surface area contributed by atoms with E-state index in [1.165, 1.54) is 0 Å². The number of nitrogens with zero attached hydrogens (tertiary/aromatic N) is 2. The molecule has 0 saturated carbocycles. The minimum absolute atomic E-state index is 0.0706. The summed E-state index contributed by atoms with van der Waals surface area (Å²) in [6.07, 6.45) is 5.75. The van der Waals surface area contributed by atoms with E-state index in [0.29, 0.717) is 24.5 Å². The lowest BCUT2D eigenvalue weighted by molar-refractivity contribution is -0.141. The van der Waals surface area contributed by atoms with Gasteiger partial charge in [0.2, 0.25) is 5.91 Å². The summed E-state index contributed by atoms with van der Waals surface area (Å²) in [6.45, 7) is 0.425. The lowest BCUT2D eigenvalue weighted by Crippen LogP contribution is -2.49. The van der Waals surface area contributed by atoms with Crippen LogP contribution >= 0.6 is 0 Å². The van der Waals surface area contributed by atoms with Gasteiger partial charge in [0.25, 0.3) is 5.91 Å². The van der Waals surface area contributed by atoms with E-state index >= 15 is 0 Å².